The van der Waals surface area contributed by atoms with Crippen molar-refractivity contribution in [1.82, 2.24) is 10.6 Å². The molecule has 4 aromatic carbocycles. The standard InChI is InChI=1S/C34H36N2O5/c37-32(31(22-27-15-7-2-8-16-27)36-34(39)25-41-30-19-11-4-12-20-30)23-28(21-26-13-5-1-6-14-26)35-33(38)24-40-29-17-9-3-10-18-29/h1-20,28,31-32,37H,21-25H2,(H,35,38)(H,36,39)/t28-,31-,32+/m0/s1. The van der Waals surface area contributed by atoms with Gasteiger partial charge in [0.2, 0.25) is 0 Å². The van der Waals surface area contributed by atoms with E-state index < -0.39 is 18.2 Å². The minimum absolute atomic E-state index is 0.146. The summed E-state index contributed by atoms with van der Waals surface area (Å²) in [5, 5.41) is 17.4. The molecule has 0 saturated heterocycles. The fourth-order valence-corrected chi connectivity index (χ4v) is 4.55. The number of hydrogen-bond acceptors (Lipinski definition) is 5. The molecule has 3 atom stereocenters. The lowest BCUT2D eigenvalue weighted by atomic mass is 9.93. The molecular formula is C34H36N2O5. The van der Waals surface area contributed by atoms with Crippen LogP contribution in [-0.2, 0) is 22.4 Å². The predicted octanol–water partition coefficient (Wildman–Crippen LogP) is 4.35. The second-order valence-electron chi connectivity index (χ2n) is 9.82. The van der Waals surface area contributed by atoms with Crippen LogP contribution in [0.4, 0.5) is 0 Å². The van der Waals surface area contributed by atoms with Crippen LogP contribution in [0.15, 0.2) is 121 Å². The van der Waals surface area contributed by atoms with Crippen molar-refractivity contribution in [3.63, 3.8) is 0 Å². The van der Waals surface area contributed by atoms with Crippen LogP contribution in [0.25, 0.3) is 0 Å². The van der Waals surface area contributed by atoms with Crippen molar-refractivity contribution in [3.8, 4) is 11.5 Å². The Morgan fingerprint density at radius 1 is 0.585 bits per heavy atom. The van der Waals surface area contributed by atoms with Crippen molar-refractivity contribution >= 4 is 11.8 Å². The Morgan fingerprint density at radius 2 is 1.00 bits per heavy atom. The lowest BCUT2D eigenvalue weighted by Gasteiger charge is -2.28. The minimum atomic E-state index is -0.945. The first-order valence-electron chi connectivity index (χ1n) is 13.8. The monoisotopic (exact) mass is 552 g/mol. The van der Waals surface area contributed by atoms with Gasteiger partial charge in [-0.2, -0.15) is 0 Å². The molecule has 212 valence electrons. The summed E-state index contributed by atoms with van der Waals surface area (Å²) in [7, 11) is 0. The highest BCUT2D eigenvalue weighted by Gasteiger charge is 2.26. The number of nitrogens with one attached hydrogen (secondary N) is 2. The van der Waals surface area contributed by atoms with Crippen molar-refractivity contribution in [1.29, 1.82) is 0 Å². The molecule has 0 aliphatic heterocycles. The number of amides is 2. The topological polar surface area (TPSA) is 96.9 Å². The first-order chi connectivity index (χ1) is 20.0. The maximum Gasteiger partial charge on any atom is 0.258 e. The summed E-state index contributed by atoms with van der Waals surface area (Å²) in [6, 6.07) is 36.7. The third kappa shape index (κ3) is 10.5. The van der Waals surface area contributed by atoms with Crippen LogP contribution in [0.1, 0.15) is 17.5 Å². The average molecular weight is 553 g/mol. The van der Waals surface area contributed by atoms with E-state index in [2.05, 4.69) is 10.6 Å². The molecular weight excluding hydrogens is 516 g/mol. The Bertz CT molecular complexity index is 1320. The van der Waals surface area contributed by atoms with E-state index in [1.807, 2.05) is 97.1 Å². The Hall–Kier alpha value is -4.62. The zero-order chi connectivity index (χ0) is 28.7. The van der Waals surface area contributed by atoms with E-state index in [1.54, 1.807) is 24.3 Å². The summed E-state index contributed by atoms with van der Waals surface area (Å²) in [5.74, 6) is 0.562. The van der Waals surface area contributed by atoms with Gasteiger partial charge in [-0.1, -0.05) is 97.1 Å². The van der Waals surface area contributed by atoms with Gasteiger partial charge < -0.3 is 25.2 Å². The number of hydrogen-bond donors (Lipinski definition) is 3. The fourth-order valence-electron chi connectivity index (χ4n) is 4.55. The van der Waals surface area contributed by atoms with Crippen molar-refractivity contribution < 1.29 is 24.2 Å². The van der Waals surface area contributed by atoms with Crippen molar-refractivity contribution in [2.24, 2.45) is 0 Å². The van der Waals surface area contributed by atoms with Crippen LogP contribution in [0, 0.1) is 0 Å². The molecule has 7 nitrogen and oxygen atoms in total. The Morgan fingerprint density at radius 3 is 1.49 bits per heavy atom. The first-order valence-corrected chi connectivity index (χ1v) is 13.8. The largest absolute Gasteiger partial charge is 0.484 e. The summed E-state index contributed by atoms with van der Waals surface area (Å²) in [6.45, 7) is -0.324. The highest BCUT2D eigenvalue weighted by molar-refractivity contribution is 5.78. The zero-order valence-electron chi connectivity index (χ0n) is 22.9. The number of carbonyl (C=O) groups excluding carboxylic acids is 2. The lowest BCUT2D eigenvalue weighted by Crippen LogP contribution is -2.50. The summed E-state index contributed by atoms with van der Waals surface area (Å²) in [4.78, 5) is 25.7. The normalized spacial score (nSPS) is 12.9. The maximum absolute atomic E-state index is 12.9. The molecule has 0 bridgehead atoms. The number of benzene rings is 4. The molecule has 2 amide bonds. The predicted molar refractivity (Wildman–Crippen MR) is 159 cm³/mol. The second-order valence-corrected chi connectivity index (χ2v) is 9.82. The van der Waals surface area contributed by atoms with Crippen LogP contribution in [0.5, 0.6) is 11.5 Å². The molecule has 3 N–H and O–H groups in total. The molecule has 4 aromatic rings. The molecule has 0 unspecified atom stereocenters. The van der Waals surface area contributed by atoms with Gasteiger partial charge in [0.1, 0.15) is 11.5 Å². The average Bonchev–Trinajstić information content (AvgIpc) is 3.01. The second kappa shape index (κ2) is 15.8. The molecule has 41 heavy (non-hydrogen) atoms. The number of aliphatic hydroxyl groups excluding tert-OH is 1. The van der Waals surface area contributed by atoms with E-state index in [4.69, 9.17) is 9.47 Å². The molecule has 0 spiro atoms. The third-order valence-electron chi connectivity index (χ3n) is 6.55. The van der Waals surface area contributed by atoms with Gasteiger partial charge in [0.15, 0.2) is 13.2 Å². The lowest BCUT2D eigenvalue weighted by molar-refractivity contribution is -0.126. The summed E-state index contributed by atoms with van der Waals surface area (Å²) < 4.78 is 11.2. The highest BCUT2D eigenvalue weighted by Crippen LogP contribution is 2.15. The van der Waals surface area contributed by atoms with Crippen molar-refractivity contribution in [2.75, 3.05) is 13.2 Å². The molecule has 0 aliphatic rings. The zero-order valence-corrected chi connectivity index (χ0v) is 22.9. The van der Waals surface area contributed by atoms with E-state index >= 15 is 0 Å². The van der Waals surface area contributed by atoms with Gasteiger partial charge in [-0.05, 0) is 54.7 Å². The van der Waals surface area contributed by atoms with E-state index in [0.717, 1.165) is 11.1 Å². The van der Waals surface area contributed by atoms with Gasteiger partial charge in [-0.15, -0.1) is 0 Å². The third-order valence-corrected chi connectivity index (χ3v) is 6.55. The highest BCUT2D eigenvalue weighted by atomic mass is 16.5. The molecule has 0 saturated carbocycles. The van der Waals surface area contributed by atoms with Crippen LogP contribution < -0.4 is 20.1 Å². The molecule has 7 heteroatoms. The molecule has 0 aromatic heterocycles. The van der Waals surface area contributed by atoms with E-state index in [0.29, 0.717) is 24.3 Å². The fraction of sp³-hybridized carbons (Fsp3) is 0.235. The van der Waals surface area contributed by atoms with Gasteiger partial charge in [0.25, 0.3) is 11.8 Å². The van der Waals surface area contributed by atoms with Crippen LogP contribution in [-0.4, -0.2) is 48.3 Å². The Balaban J connectivity index is 1.43. The van der Waals surface area contributed by atoms with Gasteiger partial charge in [-0.3, -0.25) is 9.59 Å². The number of para-hydroxylation sites is 2. The van der Waals surface area contributed by atoms with Crippen LogP contribution in [0.3, 0.4) is 0 Å². The van der Waals surface area contributed by atoms with E-state index in [1.165, 1.54) is 0 Å². The Kier molecular flexibility index (Phi) is 11.3. The van der Waals surface area contributed by atoms with Gasteiger partial charge in [0, 0.05) is 6.04 Å². The van der Waals surface area contributed by atoms with Gasteiger partial charge >= 0.3 is 0 Å². The number of ether oxygens (including phenoxy) is 2. The van der Waals surface area contributed by atoms with E-state index in [9.17, 15) is 14.7 Å². The quantitative estimate of drug-likeness (QED) is 0.204. The SMILES string of the molecule is O=C(COc1ccccc1)N[C@@H](Cc1ccccc1)C[C@@H](O)[C@H](Cc1ccccc1)NC(=O)COc1ccccc1. The van der Waals surface area contributed by atoms with E-state index in [-0.39, 0.29) is 31.4 Å². The number of rotatable bonds is 15. The van der Waals surface area contributed by atoms with Crippen LogP contribution in [0.2, 0.25) is 0 Å². The summed E-state index contributed by atoms with van der Waals surface area (Å²) >= 11 is 0. The molecule has 0 aliphatic carbocycles. The summed E-state index contributed by atoms with van der Waals surface area (Å²) in [6.07, 6.45) is 0.212. The Labute approximate surface area is 241 Å². The smallest absolute Gasteiger partial charge is 0.258 e. The van der Waals surface area contributed by atoms with Crippen molar-refractivity contribution in [3.05, 3.63) is 132 Å². The van der Waals surface area contributed by atoms with Crippen molar-refractivity contribution in [2.45, 2.75) is 37.5 Å². The number of aliphatic hydroxyl groups is 1. The molecule has 0 heterocycles. The van der Waals surface area contributed by atoms with Gasteiger partial charge in [0.05, 0.1) is 12.1 Å². The summed E-state index contributed by atoms with van der Waals surface area (Å²) in [5.41, 5.74) is 2.00. The number of carbonyl (C=O) groups is 2. The molecule has 4 rings (SSSR count). The van der Waals surface area contributed by atoms with Crippen LogP contribution >= 0.6 is 0 Å². The molecule has 0 radical (unpaired) electrons. The first kappa shape index (κ1) is 29.4. The minimum Gasteiger partial charge on any atom is -0.484 e. The maximum atomic E-state index is 12.9. The van der Waals surface area contributed by atoms with Gasteiger partial charge in [-0.25, -0.2) is 0 Å². The molecule has 0 fully saturated rings.